The lowest BCUT2D eigenvalue weighted by molar-refractivity contribution is 0.0954. The Kier molecular flexibility index (Phi) is 5.43. The van der Waals surface area contributed by atoms with Crippen LogP contribution in [0.3, 0.4) is 0 Å². The van der Waals surface area contributed by atoms with Gasteiger partial charge in [0, 0.05) is 5.56 Å². The predicted octanol–water partition coefficient (Wildman–Crippen LogP) is 5.00. The van der Waals surface area contributed by atoms with Crippen molar-refractivity contribution >= 4 is 11.6 Å². The van der Waals surface area contributed by atoms with Crippen LogP contribution in [0.25, 0.3) is 0 Å². The molecule has 24 heavy (non-hydrogen) atoms. The molecule has 0 radical (unpaired) electrons. The van der Waals surface area contributed by atoms with E-state index in [2.05, 4.69) is 44.0 Å². The number of carbonyl (C=O) groups excluding carboxylic acids is 1. The first-order valence-electron chi connectivity index (χ1n) is 8.48. The molecule has 0 aromatic heterocycles. The molecule has 3 nitrogen and oxygen atoms in total. The van der Waals surface area contributed by atoms with Crippen molar-refractivity contribution in [2.45, 2.75) is 52.9 Å². The monoisotopic (exact) mass is 324 g/mol. The SMILES string of the molecule is C=C(C)C1CC=C(C)/C(=N/NC(=O)c2ccc(C(C)(C)C)cc2)C1. The van der Waals surface area contributed by atoms with Gasteiger partial charge in [0.1, 0.15) is 0 Å². The topological polar surface area (TPSA) is 41.5 Å². The van der Waals surface area contributed by atoms with Crippen molar-refractivity contribution in [3.8, 4) is 0 Å². The molecule has 1 unspecified atom stereocenters. The number of nitrogens with one attached hydrogen (secondary N) is 1. The fourth-order valence-corrected chi connectivity index (χ4v) is 2.73. The zero-order valence-corrected chi connectivity index (χ0v) is 15.4. The maximum atomic E-state index is 12.3. The second-order valence-corrected chi connectivity index (χ2v) is 7.70. The van der Waals surface area contributed by atoms with Gasteiger partial charge in [0.15, 0.2) is 0 Å². The summed E-state index contributed by atoms with van der Waals surface area (Å²) in [5.74, 6) is 0.239. The first kappa shape index (κ1) is 18.2. The Hall–Kier alpha value is -2.16. The number of benzene rings is 1. The number of hydrogen-bond donors (Lipinski definition) is 1. The first-order valence-corrected chi connectivity index (χ1v) is 8.48. The number of rotatable bonds is 3. The van der Waals surface area contributed by atoms with E-state index in [1.165, 1.54) is 5.56 Å². The smallest absolute Gasteiger partial charge is 0.267 e. The van der Waals surface area contributed by atoms with Gasteiger partial charge >= 0.3 is 0 Å². The molecule has 1 amide bonds. The molecule has 1 aromatic rings. The molecule has 128 valence electrons. The van der Waals surface area contributed by atoms with Crippen molar-refractivity contribution in [1.29, 1.82) is 0 Å². The molecule has 1 atom stereocenters. The Morgan fingerprint density at radius 2 is 1.88 bits per heavy atom. The molecule has 1 aliphatic carbocycles. The van der Waals surface area contributed by atoms with Crippen LogP contribution in [-0.4, -0.2) is 11.6 Å². The van der Waals surface area contributed by atoms with Crippen LogP contribution >= 0.6 is 0 Å². The minimum Gasteiger partial charge on any atom is -0.267 e. The highest BCUT2D eigenvalue weighted by Crippen LogP contribution is 2.26. The number of hydrazone groups is 1. The molecule has 0 saturated heterocycles. The maximum absolute atomic E-state index is 12.3. The summed E-state index contributed by atoms with van der Waals surface area (Å²) in [5, 5.41) is 4.35. The molecule has 1 aliphatic rings. The van der Waals surface area contributed by atoms with E-state index in [0.717, 1.165) is 29.7 Å². The standard InChI is InChI=1S/C21H28N2O/c1-14(2)17-8-7-15(3)19(13-17)22-23-20(24)16-9-11-18(12-10-16)21(4,5)6/h7,9-12,17H,1,8,13H2,2-6H3,(H,23,24)/b22-19+. The van der Waals surface area contributed by atoms with E-state index in [1.54, 1.807) is 0 Å². The van der Waals surface area contributed by atoms with Gasteiger partial charge in [-0.25, -0.2) is 5.43 Å². The molecular formula is C21H28N2O. The number of amides is 1. The van der Waals surface area contributed by atoms with E-state index >= 15 is 0 Å². The van der Waals surface area contributed by atoms with E-state index in [9.17, 15) is 4.79 Å². The maximum Gasteiger partial charge on any atom is 0.271 e. The van der Waals surface area contributed by atoms with Crippen molar-refractivity contribution in [2.75, 3.05) is 0 Å². The average molecular weight is 324 g/mol. The Morgan fingerprint density at radius 1 is 1.25 bits per heavy atom. The average Bonchev–Trinajstić information content (AvgIpc) is 2.52. The Morgan fingerprint density at radius 3 is 2.42 bits per heavy atom. The number of hydrogen-bond acceptors (Lipinski definition) is 2. The van der Waals surface area contributed by atoms with Gasteiger partial charge < -0.3 is 0 Å². The van der Waals surface area contributed by atoms with E-state index in [-0.39, 0.29) is 11.3 Å². The van der Waals surface area contributed by atoms with Crippen LogP contribution in [-0.2, 0) is 5.41 Å². The van der Waals surface area contributed by atoms with E-state index in [4.69, 9.17) is 0 Å². The fraction of sp³-hybridized carbons (Fsp3) is 0.429. The summed E-state index contributed by atoms with van der Waals surface area (Å²) in [6.45, 7) is 14.6. The van der Waals surface area contributed by atoms with Crippen molar-refractivity contribution in [3.63, 3.8) is 0 Å². The van der Waals surface area contributed by atoms with Gasteiger partial charge in [0.25, 0.3) is 5.91 Å². The molecule has 0 aliphatic heterocycles. The highest BCUT2D eigenvalue weighted by molar-refractivity contribution is 6.02. The van der Waals surface area contributed by atoms with E-state index in [0.29, 0.717) is 11.5 Å². The number of nitrogens with zero attached hydrogens (tertiary/aromatic N) is 1. The van der Waals surface area contributed by atoms with Crippen LogP contribution < -0.4 is 5.43 Å². The molecule has 0 spiro atoms. The fourth-order valence-electron chi connectivity index (χ4n) is 2.73. The summed E-state index contributed by atoms with van der Waals surface area (Å²) in [5.41, 5.74) is 7.85. The second kappa shape index (κ2) is 7.16. The van der Waals surface area contributed by atoms with Gasteiger partial charge in [0.05, 0.1) is 5.71 Å². The minimum atomic E-state index is -0.173. The predicted molar refractivity (Wildman–Crippen MR) is 101 cm³/mol. The normalized spacial score (nSPS) is 19.8. The molecular weight excluding hydrogens is 296 g/mol. The van der Waals surface area contributed by atoms with Crippen LogP contribution in [0.2, 0.25) is 0 Å². The summed E-state index contributed by atoms with van der Waals surface area (Å²) in [4.78, 5) is 12.3. The van der Waals surface area contributed by atoms with Crippen LogP contribution in [0, 0.1) is 5.92 Å². The third kappa shape index (κ3) is 4.44. The minimum absolute atomic E-state index is 0.0802. The van der Waals surface area contributed by atoms with Crippen LogP contribution in [0.15, 0.2) is 53.2 Å². The van der Waals surface area contributed by atoms with Crippen LogP contribution in [0.4, 0.5) is 0 Å². The molecule has 0 fully saturated rings. The van der Waals surface area contributed by atoms with Gasteiger partial charge in [-0.05, 0) is 61.3 Å². The van der Waals surface area contributed by atoms with Crippen LogP contribution in [0.1, 0.15) is 63.4 Å². The molecule has 2 rings (SSSR count). The molecule has 3 heteroatoms. The lowest BCUT2D eigenvalue weighted by atomic mass is 9.85. The number of carbonyl (C=O) groups is 1. The van der Waals surface area contributed by atoms with Crippen molar-refractivity contribution in [1.82, 2.24) is 5.43 Å². The summed E-state index contributed by atoms with van der Waals surface area (Å²) >= 11 is 0. The second-order valence-electron chi connectivity index (χ2n) is 7.70. The lowest BCUT2D eigenvalue weighted by Crippen LogP contribution is -2.23. The van der Waals surface area contributed by atoms with Gasteiger partial charge in [-0.2, -0.15) is 5.10 Å². The summed E-state index contributed by atoms with van der Waals surface area (Å²) in [6.07, 6.45) is 4.01. The summed E-state index contributed by atoms with van der Waals surface area (Å²) in [6, 6.07) is 7.72. The highest BCUT2D eigenvalue weighted by Gasteiger charge is 2.19. The number of allylic oxidation sites excluding steroid dienone is 3. The third-order valence-electron chi connectivity index (χ3n) is 4.61. The van der Waals surface area contributed by atoms with Crippen molar-refractivity contribution in [3.05, 3.63) is 59.2 Å². The van der Waals surface area contributed by atoms with E-state index in [1.807, 2.05) is 38.1 Å². The largest absolute Gasteiger partial charge is 0.271 e. The van der Waals surface area contributed by atoms with E-state index < -0.39 is 0 Å². The van der Waals surface area contributed by atoms with Gasteiger partial charge in [0.2, 0.25) is 0 Å². The van der Waals surface area contributed by atoms with Gasteiger partial charge in [-0.3, -0.25) is 4.79 Å². The van der Waals surface area contributed by atoms with Crippen LogP contribution in [0.5, 0.6) is 0 Å². The quantitative estimate of drug-likeness (QED) is 0.617. The Balaban J connectivity index is 2.08. The first-order chi connectivity index (χ1) is 11.2. The Labute approximate surface area is 145 Å². The molecule has 0 saturated carbocycles. The van der Waals surface area contributed by atoms with Crippen molar-refractivity contribution in [2.24, 2.45) is 11.0 Å². The third-order valence-corrected chi connectivity index (χ3v) is 4.61. The molecule has 0 heterocycles. The molecule has 1 aromatic carbocycles. The lowest BCUT2D eigenvalue weighted by Gasteiger charge is -2.22. The van der Waals surface area contributed by atoms with Gasteiger partial charge in [-0.15, -0.1) is 0 Å². The zero-order valence-electron chi connectivity index (χ0n) is 15.4. The molecule has 0 bridgehead atoms. The zero-order chi connectivity index (χ0) is 17.9. The Bertz CT molecular complexity index is 688. The highest BCUT2D eigenvalue weighted by atomic mass is 16.2. The summed E-state index contributed by atoms with van der Waals surface area (Å²) < 4.78 is 0. The van der Waals surface area contributed by atoms with Gasteiger partial charge in [-0.1, -0.05) is 51.1 Å². The molecule has 1 N–H and O–H groups in total. The summed E-state index contributed by atoms with van der Waals surface area (Å²) in [7, 11) is 0. The van der Waals surface area contributed by atoms with Crippen molar-refractivity contribution < 1.29 is 4.79 Å².